The minimum atomic E-state index is 0.825. The lowest BCUT2D eigenvalue weighted by molar-refractivity contribution is 0.0337. The van der Waals surface area contributed by atoms with E-state index in [0.29, 0.717) is 0 Å². The Morgan fingerprint density at radius 1 is 1.00 bits per heavy atom. The maximum Gasteiger partial charge on any atom is 0.0796 e. The summed E-state index contributed by atoms with van der Waals surface area (Å²) >= 11 is 0. The lowest BCUT2D eigenvalue weighted by Gasteiger charge is -2.29. The SMILES string of the molecule is c1cc(-c2nccc3[nH]c(CN4CCOCC4)cc23)cc(N2CCNCC2)c1. The third-order valence-electron chi connectivity index (χ3n) is 5.70. The first-order valence-electron chi connectivity index (χ1n) is 10.2. The number of morpholine rings is 1. The summed E-state index contributed by atoms with van der Waals surface area (Å²) in [5.74, 6) is 0. The Morgan fingerprint density at radius 3 is 2.71 bits per heavy atom. The zero-order chi connectivity index (χ0) is 18.8. The van der Waals surface area contributed by atoms with Gasteiger partial charge in [0, 0.05) is 79.9 Å². The van der Waals surface area contributed by atoms with E-state index in [2.05, 4.69) is 56.5 Å². The highest BCUT2D eigenvalue weighted by molar-refractivity contribution is 5.93. The first-order chi connectivity index (χ1) is 13.9. The van der Waals surface area contributed by atoms with Crippen LogP contribution >= 0.6 is 0 Å². The fourth-order valence-electron chi connectivity index (χ4n) is 4.20. The van der Waals surface area contributed by atoms with Crippen molar-refractivity contribution in [3.63, 3.8) is 0 Å². The normalized spacial score (nSPS) is 18.6. The molecule has 0 atom stereocenters. The smallest absolute Gasteiger partial charge is 0.0796 e. The number of pyridine rings is 1. The van der Waals surface area contributed by atoms with Gasteiger partial charge in [0.05, 0.1) is 18.9 Å². The third-order valence-corrected chi connectivity index (χ3v) is 5.70. The van der Waals surface area contributed by atoms with Gasteiger partial charge in [0.15, 0.2) is 0 Å². The van der Waals surface area contributed by atoms with Crippen LogP contribution in [-0.2, 0) is 11.3 Å². The van der Waals surface area contributed by atoms with Gasteiger partial charge >= 0.3 is 0 Å². The Hall–Kier alpha value is -2.41. The summed E-state index contributed by atoms with van der Waals surface area (Å²) < 4.78 is 5.46. The molecule has 0 unspecified atom stereocenters. The van der Waals surface area contributed by atoms with Crippen molar-refractivity contribution in [1.82, 2.24) is 20.2 Å². The molecule has 2 aromatic heterocycles. The molecule has 146 valence electrons. The summed E-state index contributed by atoms with van der Waals surface area (Å²) in [6.07, 6.45) is 1.91. The van der Waals surface area contributed by atoms with Gasteiger partial charge in [-0.3, -0.25) is 9.88 Å². The second-order valence-electron chi connectivity index (χ2n) is 7.59. The Bertz CT molecular complexity index is 941. The number of nitrogens with zero attached hydrogens (tertiary/aromatic N) is 3. The third kappa shape index (κ3) is 3.63. The molecule has 4 heterocycles. The molecule has 0 saturated carbocycles. The van der Waals surface area contributed by atoms with Crippen molar-refractivity contribution in [2.45, 2.75) is 6.54 Å². The topological polar surface area (TPSA) is 56.4 Å². The molecule has 2 aliphatic heterocycles. The van der Waals surface area contributed by atoms with E-state index >= 15 is 0 Å². The van der Waals surface area contributed by atoms with Crippen LogP contribution in [0.15, 0.2) is 42.6 Å². The van der Waals surface area contributed by atoms with Crippen LogP contribution in [0.4, 0.5) is 5.69 Å². The van der Waals surface area contributed by atoms with E-state index in [0.717, 1.165) is 70.2 Å². The van der Waals surface area contributed by atoms with Gasteiger partial charge in [-0.15, -0.1) is 0 Å². The number of aromatic nitrogens is 2. The standard InChI is InChI=1S/C22H27N5O/c1-2-17(14-19(3-1)27-8-6-23-7-9-27)22-20-15-18(25-21(20)4-5-24-22)16-26-10-12-28-13-11-26/h1-5,14-15,23,25H,6-13,16H2. The van der Waals surface area contributed by atoms with Crippen LogP contribution in [0.25, 0.3) is 22.2 Å². The van der Waals surface area contributed by atoms with Gasteiger partial charge < -0.3 is 19.9 Å². The van der Waals surface area contributed by atoms with Crippen molar-refractivity contribution < 1.29 is 4.74 Å². The summed E-state index contributed by atoms with van der Waals surface area (Å²) in [5, 5.41) is 4.62. The predicted octanol–water partition coefficient (Wildman–Crippen LogP) is 2.47. The summed E-state index contributed by atoms with van der Waals surface area (Å²) in [7, 11) is 0. The van der Waals surface area contributed by atoms with Crippen LogP contribution in [0, 0.1) is 0 Å². The lowest BCUT2D eigenvalue weighted by atomic mass is 10.1. The second kappa shape index (κ2) is 7.91. The van der Waals surface area contributed by atoms with Crippen molar-refractivity contribution in [3.05, 3.63) is 48.3 Å². The summed E-state index contributed by atoms with van der Waals surface area (Å²) in [4.78, 5) is 13.2. The largest absolute Gasteiger partial charge is 0.379 e. The number of nitrogens with one attached hydrogen (secondary N) is 2. The molecule has 0 bridgehead atoms. The van der Waals surface area contributed by atoms with E-state index in [1.54, 1.807) is 0 Å². The number of benzene rings is 1. The number of ether oxygens (including phenoxy) is 1. The molecule has 1 aromatic carbocycles. The number of aromatic amines is 1. The van der Waals surface area contributed by atoms with Gasteiger partial charge in [-0.2, -0.15) is 0 Å². The molecule has 2 aliphatic rings. The van der Waals surface area contributed by atoms with E-state index < -0.39 is 0 Å². The fraction of sp³-hybridized carbons (Fsp3) is 0.409. The van der Waals surface area contributed by atoms with E-state index in [-0.39, 0.29) is 0 Å². The second-order valence-corrected chi connectivity index (χ2v) is 7.59. The minimum absolute atomic E-state index is 0.825. The van der Waals surface area contributed by atoms with Gasteiger partial charge in [-0.05, 0) is 24.3 Å². The molecule has 6 heteroatoms. The highest BCUT2D eigenvalue weighted by atomic mass is 16.5. The zero-order valence-corrected chi connectivity index (χ0v) is 16.2. The first-order valence-corrected chi connectivity index (χ1v) is 10.2. The Labute approximate surface area is 165 Å². The van der Waals surface area contributed by atoms with Crippen LogP contribution in [-0.4, -0.2) is 67.4 Å². The maximum atomic E-state index is 5.46. The number of hydrogen-bond acceptors (Lipinski definition) is 5. The Balaban J connectivity index is 1.45. The van der Waals surface area contributed by atoms with Crippen LogP contribution in [0.2, 0.25) is 0 Å². The molecular formula is C22H27N5O. The van der Waals surface area contributed by atoms with Crippen molar-refractivity contribution in [2.75, 3.05) is 57.4 Å². The van der Waals surface area contributed by atoms with Gasteiger partial charge in [0.2, 0.25) is 0 Å². The molecule has 28 heavy (non-hydrogen) atoms. The molecule has 2 fully saturated rings. The zero-order valence-electron chi connectivity index (χ0n) is 16.2. The molecule has 0 aliphatic carbocycles. The minimum Gasteiger partial charge on any atom is -0.379 e. The molecular weight excluding hydrogens is 350 g/mol. The molecule has 3 aromatic rings. The molecule has 0 amide bonds. The van der Waals surface area contributed by atoms with Crippen LogP contribution < -0.4 is 10.2 Å². The van der Waals surface area contributed by atoms with E-state index in [9.17, 15) is 0 Å². The molecule has 0 radical (unpaired) electrons. The van der Waals surface area contributed by atoms with E-state index in [4.69, 9.17) is 9.72 Å². The molecule has 2 N–H and O–H groups in total. The van der Waals surface area contributed by atoms with Gasteiger partial charge in [0.1, 0.15) is 0 Å². The number of fused-ring (bicyclic) bond motifs is 1. The maximum absolute atomic E-state index is 5.46. The molecule has 6 nitrogen and oxygen atoms in total. The van der Waals surface area contributed by atoms with E-state index in [1.807, 2.05) is 6.20 Å². The monoisotopic (exact) mass is 377 g/mol. The van der Waals surface area contributed by atoms with Crippen LogP contribution in [0.3, 0.4) is 0 Å². The number of hydrogen-bond donors (Lipinski definition) is 2. The average molecular weight is 377 g/mol. The van der Waals surface area contributed by atoms with E-state index in [1.165, 1.54) is 22.3 Å². The highest BCUT2D eigenvalue weighted by Gasteiger charge is 2.15. The number of rotatable bonds is 4. The Kier molecular flexibility index (Phi) is 4.99. The highest BCUT2D eigenvalue weighted by Crippen LogP contribution is 2.30. The average Bonchev–Trinajstić information content (AvgIpc) is 3.17. The van der Waals surface area contributed by atoms with Crippen molar-refractivity contribution in [3.8, 4) is 11.3 Å². The quantitative estimate of drug-likeness (QED) is 0.732. The number of anilines is 1. The summed E-state index contributed by atoms with van der Waals surface area (Å²) in [6.45, 7) is 8.75. The van der Waals surface area contributed by atoms with Gasteiger partial charge in [-0.25, -0.2) is 0 Å². The molecule has 0 spiro atoms. The predicted molar refractivity (Wildman–Crippen MR) is 113 cm³/mol. The first kappa shape index (κ1) is 17.7. The van der Waals surface area contributed by atoms with Crippen molar-refractivity contribution in [2.24, 2.45) is 0 Å². The molecule has 5 rings (SSSR count). The lowest BCUT2D eigenvalue weighted by Crippen LogP contribution is -2.43. The number of piperazine rings is 1. The fourth-order valence-corrected chi connectivity index (χ4v) is 4.20. The molecule has 2 saturated heterocycles. The number of H-pyrrole nitrogens is 1. The Morgan fingerprint density at radius 2 is 1.86 bits per heavy atom. The summed E-state index contributed by atoms with van der Waals surface area (Å²) in [6, 6.07) is 13.1. The van der Waals surface area contributed by atoms with Crippen LogP contribution in [0.5, 0.6) is 0 Å². The van der Waals surface area contributed by atoms with Crippen molar-refractivity contribution >= 4 is 16.6 Å². The van der Waals surface area contributed by atoms with Gasteiger partial charge in [-0.1, -0.05) is 12.1 Å². The van der Waals surface area contributed by atoms with Gasteiger partial charge in [0.25, 0.3) is 0 Å². The summed E-state index contributed by atoms with van der Waals surface area (Å²) in [5.41, 5.74) is 5.91. The van der Waals surface area contributed by atoms with Crippen LogP contribution in [0.1, 0.15) is 5.69 Å². The van der Waals surface area contributed by atoms with Crippen molar-refractivity contribution in [1.29, 1.82) is 0 Å².